The third kappa shape index (κ3) is 5.72. The Bertz CT molecular complexity index is 1610. The lowest BCUT2D eigenvalue weighted by Crippen LogP contribution is -2.37. The monoisotopic (exact) mass is 594 g/mol. The van der Waals surface area contributed by atoms with Gasteiger partial charge in [0.1, 0.15) is 5.82 Å². The molecule has 2 bridgehead atoms. The lowest BCUT2D eigenvalue weighted by molar-refractivity contribution is -0.129. The number of amides is 3. The van der Waals surface area contributed by atoms with Gasteiger partial charge in [-0.15, -0.1) is 0 Å². The highest BCUT2D eigenvalue weighted by Gasteiger charge is 2.31. The molecule has 0 aliphatic carbocycles. The first kappa shape index (κ1) is 29.2. The predicted molar refractivity (Wildman–Crippen MR) is 156 cm³/mol. The Morgan fingerprint density at radius 3 is 2.67 bits per heavy atom. The average Bonchev–Trinajstić information content (AvgIpc) is 2.97. The minimum atomic E-state index is -1.14. The molecule has 218 valence electrons. The van der Waals surface area contributed by atoms with E-state index >= 15 is 0 Å². The topological polar surface area (TPSA) is 103 Å². The van der Waals surface area contributed by atoms with E-state index in [1.807, 2.05) is 19.1 Å². The molecule has 0 unspecified atom stereocenters. The number of hydrogen-bond donors (Lipinski definition) is 2. The Hall–Kier alpha value is -4.31. The second kappa shape index (κ2) is 11.9. The van der Waals surface area contributed by atoms with Crippen LogP contribution in [0.3, 0.4) is 0 Å². The molecular weight excluding hydrogens is 566 g/mol. The van der Waals surface area contributed by atoms with Crippen LogP contribution in [0.4, 0.5) is 25.0 Å². The summed E-state index contributed by atoms with van der Waals surface area (Å²) in [5, 5.41) is 12.2. The van der Waals surface area contributed by atoms with Crippen molar-refractivity contribution in [2.24, 2.45) is 5.92 Å². The van der Waals surface area contributed by atoms with Crippen LogP contribution in [0, 0.1) is 17.6 Å². The second-order valence-electron chi connectivity index (χ2n) is 10.6. The number of carbonyl (C=O) groups is 3. The number of carboxylic acid groups (broad SMARTS) is 1. The van der Waals surface area contributed by atoms with E-state index in [9.17, 15) is 28.3 Å². The van der Waals surface area contributed by atoms with Crippen LogP contribution < -0.4 is 10.2 Å². The van der Waals surface area contributed by atoms with Gasteiger partial charge in [-0.3, -0.25) is 19.5 Å². The molecule has 0 fully saturated rings. The molecule has 3 heterocycles. The van der Waals surface area contributed by atoms with Gasteiger partial charge < -0.3 is 15.3 Å². The quantitative estimate of drug-likeness (QED) is 0.321. The van der Waals surface area contributed by atoms with E-state index in [0.29, 0.717) is 41.9 Å². The van der Waals surface area contributed by atoms with Gasteiger partial charge in [0.15, 0.2) is 5.82 Å². The van der Waals surface area contributed by atoms with Crippen molar-refractivity contribution in [1.82, 2.24) is 9.88 Å². The lowest BCUT2D eigenvalue weighted by atomic mass is 9.91. The zero-order chi connectivity index (χ0) is 30.1. The molecular formula is C31H29ClF2N4O4. The van der Waals surface area contributed by atoms with Gasteiger partial charge in [-0.1, -0.05) is 24.9 Å². The average molecular weight is 595 g/mol. The number of fused-ring (bicyclic) bond motifs is 4. The smallest absolute Gasteiger partial charge is 0.411 e. The van der Waals surface area contributed by atoms with Crippen molar-refractivity contribution in [2.45, 2.75) is 38.6 Å². The summed E-state index contributed by atoms with van der Waals surface area (Å²) in [6.07, 6.45) is 3.72. The Morgan fingerprint density at radius 1 is 1.14 bits per heavy atom. The van der Waals surface area contributed by atoms with Gasteiger partial charge in [0.05, 0.1) is 28.0 Å². The van der Waals surface area contributed by atoms with Crippen LogP contribution in [0.2, 0.25) is 5.02 Å². The summed E-state index contributed by atoms with van der Waals surface area (Å²) in [5.74, 6) is -2.62. The zero-order valence-electron chi connectivity index (χ0n) is 23.0. The highest BCUT2D eigenvalue weighted by Crippen LogP contribution is 2.38. The molecule has 11 heteroatoms. The Morgan fingerprint density at radius 2 is 1.93 bits per heavy atom. The van der Waals surface area contributed by atoms with Crippen LogP contribution >= 0.6 is 11.6 Å². The number of rotatable bonds is 3. The molecule has 0 spiro atoms. The largest absolute Gasteiger partial charge is 0.465 e. The third-order valence-corrected chi connectivity index (χ3v) is 8.18. The Labute approximate surface area is 246 Å². The van der Waals surface area contributed by atoms with Crippen LogP contribution in [0.15, 0.2) is 54.7 Å². The molecule has 42 heavy (non-hydrogen) atoms. The maximum absolute atomic E-state index is 14.7. The molecule has 2 aromatic carbocycles. The Balaban J connectivity index is 1.54. The number of anilines is 2. The number of pyridine rings is 1. The zero-order valence-corrected chi connectivity index (χ0v) is 23.8. The maximum atomic E-state index is 14.7. The summed E-state index contributed by atoms with van der Waals surface area (Å²) in [6.45, 7) is 2.05. The summed E-state index contributed by atoms with van der Waals surface area (Å²) in [6, 6.07) is 10.5. The van der Waals surface area contributed by atoms with Gasteiger partial charge in [0.2, 0.25) is 11.8 Å². The normalized spacial score (nSPS) is 19.2. The van der Waals surface area contributed by atoms with E-state index in [1.54, 1.807) is 29.3 Å². The highest BCUT2D eigenvalue weighted by molar-refractivity contribution is 6.31. The summed E-state index contributed by atoms with van der Waals surface area (Å²) in [4.78, 5) is 45.4. The first-order valence-electron chi connectivity index (χ1n) is 13.6. The number of hydrogen-bond acceptors (Lipinski definition) is 4. The predicted octanol–water partition coefficient (Wildman–Crippen LogP) is 6.91. The van der Waals surface area contributed by atoms with Crippen molar-refractivity contribution in [3.8, 4) is 11.3 Å². The van der Waals surface area contributed by atoms with Crippen LogP contribution in [-0.2, 0) is 9.59 Å². The molecule has 2 aliphatic heterocycles. The number of aromatic nitrogens is 1. The van der Waals surface area contributed by atoms with Gasteiger partial charge in [-0.2, -0.15) is 0 Å². The molecule has 1 aromatic heterocycles. The first-order valence-corrected chi connectivity index (χ1v) is 14.0. The lowest BCUT2D eigenvalue weighted by Gasteiger charge is -2.35. The van der Waals surface area contributed by atoms with Crippen molar-refractivity contribution in [3.05, 3.63) is 82.5 Å². The standard InChI is InChI=1S/C31H29ClF2N4O4/c1-17-4-3-5-26(38-13-11-19(15-27(38)39)28-23(33)9-8-22(32)29(28)34)18-10-12-35-24(14-18)21-7-6-20(37(2)31(41)42)16-25(21)36-30(17)40/h6-10,12,14-17,26H,3-5,11,13H2,1-2H3,(H,36,40)(H,41,42)/t17-,26+/m1/s1. The number of benzene rings is 2. The first-order chi connectivity index (χ1) is 20.0. The molecule has 0 radical (unpaired) electrons. The SMILES string of the molecule is C[C@@H]1CCC[C@H](N2CCC(c3c(F)ccc(Cl)c3F)=CC2=O)c2ccnc(c2)-c2ccc(N(C)C(=O)O)cc2NC1=O. The molecule has 3 amide bonds. The summed E-state index contributed by atoms with van der Waals surface area (Å²) in [7, 11) is 1.41. The van der Waals surface area contributed by atoms with Crippen LogP contribution in [-0.4, -0.2) is 46.5 Å². The molecule has 8 nitrogen and oxygen atoms in total. The minimum Gasteiger partial charge on any atom is -0.465 e. The summed E-state index contributed by atoms with van der Waals surface area (Å²) >= 11 is 5.89. The van der Waals surface area contributed by atoms with E-state index in [0.717, 1.165) is 22.6 Å². The van der Waals surface area contributed by atoms with Gasteiger partial charge in [-0.25, -0.2) is 13.6 Å². The molecule has 2 aliphatic rings. The van der Waals surface area contributed by atoms with Crippen LogP contribution in [0.1, 0.15) is 49.8 Å². The number of halogens is 3. The van der Waals surface area contributed by atoms with Gasteiger partial charge in [0, 0.05) is 43.0 Å². The fraction of sp³-hybridized carbons (Fsp3) is 0.290. The van der Waals surface area contributed by atoms with Crippen molar-refractivity contribution in [1.29, 1.82) is 0 Å². The van der Waals surface area contributed by atoms with Crippen molar-refractivity contribution in [2.75, 3.05) is 23.8 Å². The number of carbonyl (C=O) groups excluding carboxylic acids is 2. The van der Waals surface area contributed by atoms with Gasteiger partial charge in [-0.05, 0) is 72.9 Å². The third-order valence-electron chi connectivity index (χ3n) is 7.89. The van der Waals surface area contributed by atoms with Crippen LogP contribution in [0.25, 0.3) is 16.8 Å². The van der Waals surface area contributed by atoms with Crippen LogP contribution in [0.5, 0.6) is 0 Å². The minimum absolute atomic E-state index is 0.216. The number of nitrogens with one attached hydrogen (secondary N) is 1. The maximum Gasteiger partial charge on any atom is 0.411 e. The van der Waals surface area contributed by atoms with E-state index in [2.05, 4.69) is 10.3 Å². The highest BCUT2D eigenvalue weighted by atomic mass is 35.5. The van der Waals surface area contributed by atoms with E-state index < -0.39 is 17.7 Å². The summed E-state index contributed by atoms with van der Waals surface area (Å²) in [5.41, 5.74) is 2.72. The van der Waals surface area contributed by atoms with E-state index in [-0.39, 0.29) is 52.9 Å². The molecule has 0 saturated heterocycles. The molecule has 5 rings (SSSR count). The fourth-order valence-corrected chi connectivity index (χ4v) is 5.63. The molecule has 0 saturated carbocycles. The van der Waals surface area contributed by atoms with Crippen molar-refractivity contribution >= 4 is 46.5 Å². The molecule has 3 aromatic rings. The van der Waals surface area contributed by atoms with Gasteiger partial charge in [0.25, 0.3) is 0 Å². The van der Waals surface area contributed by atoms with Gasteiger partial charge >= 0.3 is 6.09 Å². The Kier molecular flexibility index (Phi) is 8.27. The van der Waals surface area contributed by atoms with E-state index in [4.69, 9.17) is 11.6 Å². The summed E-state index contributed by atoms with van der Waals surface area (Å²) < 4.78 is 29.3. The van der Waals surface area contributed by atoms with E-state index in [1.165, 1.54) is 13.1 Å². The molecule has 2 N–H and O–H groups in total. The van der Waals surface area contributed by atoms with Crippen molar-refractivity contribution < 1.29 is 28.3 Å². The second-order valence-corrected chi connectivity index (χ2v) is 11.0. The van der Waals surface area contributed by atoms with Crippen molar-refractivity contribution in [3.63, 3.8) is 0 Å². The number of nitrogens with zero attached hydrogens (tertiary/aromatic N) is 3. The molecule has 2 atom stereocenters. The fourth-order valence-electron chi connectivity index (χ4n) is 5.47.